The zero-order valence-corrected chi connectivity index (χ0v) is 18.1. The Balaban J connectivity index is 1.67. The summed E-state index contributed by atoms with van der Waals surface area (Å²) in [6.45, 7) is 0. The van der Waals surface area contributed by atoms with Crippen LogP contribution in [-0.4, -0.2) is 23.4 Å². The molecule has 4 aromatic carbocycles. The Kier molecular flexibility index (Phi) is 5.33. The van der Waals surface area contributed by atoms with Crippen molar-refractivity contribution in [3.63, 3.8) is 0 Å². The van der Waals surface area contributed by atoms with Crippen LogP contribution in [0.25, 0.3) is 33.4 Å². The second kappa shape index (κ2) is 8.60. The van der Waals surface area contributed by atoms with Crippen LogP contribution in [0.3, 0.4) is 0 Å². The molecule has 0 aliphatic carbocycles. The summed E-state index contributed by atoms with van der Waals surface area (Å²) in [5.41, 5.74) is 3.94. The zero-order chi connectivity index (χ0) is 22.8. The average molecular weight is 431 g/mol. The smallest absolute Gasteiger partial charge is 0.330 e. The Morgan fingerprint density at radius 3 is 2.36 bits per heavy atom. The highest BCUT2D eigenvalue weighted by Gasteiger charge is 2.18. The molecule has 0 atom stereocenters. The molecule has 1 aromatic heterocycles. The topological polar surface area (TPSA) is 48.3 Å². The number of methoxy groups -OCH3 is 1. The largest absolute Gasteiger partial charge is 0.466 e. The minimum absolute atomic E-state index is 0.0467. The van der Waals surface area contributed by atoms with Gasteiger partial charge in [-0.15, -0.1) is 0 Å². The summed E-state index contributed by atoms with van der Waals surface area (Å²) in [6.07, 6.45) is 4.96. The van der Waals surface area contributed by atoms with E-state index >= 15 is 0 Å². The van der Waals surface area contributed by atoms with Crippen molar-refractivity contribution in [2.75, 3.05) is 7.11 Å². The maximum Gasteiger partial charge on any atom is 0.330 e. The van der Waals surface area contributed by atoms with Crippen molar-refractivity contribution in [1.82, 2.24) is 4.57 Å². The Morgan fingerprint density at radius 2 is 1.58 bits per heavy atom. The van der Waals surface area contributed by atoms with Gasteiger partial charge in [-0.05, 0) is 52.7 Å². The lowest BCUT2D eigenvalue weighted by atomic mass is 9.99. The Morgan fingerprint density at radius 1 is 0.818 bits per heavy atom. The molecular formula is C29H21NO3. The molecule has 0 unspecified atom stereocenters. The third kappa shape index (κ3) is 3.94. The number of nitrogens with zero attached hydrogens (tertiary/aromatic N) is 1. The minimum Gasteiger partial charge on any atom is -0.466 e. The van der Waals surface area contributed by atoms with Gasteiger partial charge in [-0.2, -0.15) is 0 Å². The number of rotatable bonds is 5. The van der Waals surface area contributed by atoms with Crippen LogP contribution >= 0.6 is 0 Å². The molecule has 1 heterocycles. The fraction of sp³-hybridized carbons (Fsp3) is 0.0345. The van der Waals surface area contributed by atoms with Crippen LogP contribution < -0.4 is 0 Å². The molecule has 4 nitrogen and oxygen atoms in total. The first-order chi connectivity index (χ1) is 16.1. The third-order valence-corrected chi connectivity index (χ3v) is 5.73. The van der Waals surface area contributed by atoms with Gasteiger partial charge in [0.25, 0.3) is 0 Å². The quantitative estimate of drug-likeness (QED) is 0.189. The van der Waals surface area contributed by atoms with Crippen LogP contribution in [0.1, 0.15) is 21.5 Å². The molecule has 0 saturated heterocycles. The first-order valence-electron chi connectivity index (χ1n) is 10.6. The highest BCUT2D eigenvalue weighted by Crippen LogP contribution is 2.29. The fourth-order valence-electron chi connectivity index (χ4n) is 4.05. The van der Waals surface area contributed by atoms with Crippen molar-refractivity contribution in [3.05, 3.63) is 120 Å². The number of carbonyl (C=O) groups excluding carboxylic acids is 2. The summed E-state index contributed by atoms with van der Waals surface area (Å²) in [5.74, 6) is -0.473. The van der Waals surface area contributed by atoms with Gasteiger partial charge in [0.1, 0.15) is 0 Å². The van der Waals surface area contributed by atoms with E-state index in [4.69, 9.17) is 4.74 Å². The van der Waals surface area contributed by atoms with Gasteiger partial charge in [-0.25, -0.2) is 4.79 Å². The lowest BCUT2D eigenvalue weighted by Gasteiger charge is -2.05. The van der Waals surface area contributed by atoms with E-state index < -0.39 is 5.97 Å². The van der Waals surface area contributed by atoms with E-state index in [9.17, 15) is 9.59 Å². The maximum absolute atomic E-state index is 13.7. The molecule has 0 aliphatic heterocycles. The number of ketones is 1. The first-order valence-corrected chi connectivity index (χ1v) is 10.6. The van der Waals surface area contributed by atoms with E-state index in [1.165, 1.54) is 13.2 Å². The van der Waals surface area contributed by atoms with Gasteiger partial charge < -0.3 is 9.30 Å². The maximum atomic E-state index is 13.7. The van der Waals surface area contributed by atoms with Crippen LogP contribution in [0.15, 0.2) is 103 Å². The number of para-hydroxylation sites is 1. The van der Waals surface area contributed by atoms with Crippen LogP contribution in [0, 0.1) is 0 Å². The summed E-state index contributed by atoms with van der Waals surface area (Å²) in [5, 5.41) is 2.94. The molecule has 0 bridgehead atoms. The van der Waals surface area contributed by atoms with Gasteiger partial charge in [0, 0.05) is 34.5 Å². The van der Waals surface area contributed by atoms with Crippen LogP contribution in [0.2, 0.25) is 0 Å². The summed E-state index contributed by atoms with van der Waals surface area (Å²) >= 11 is 0. The van der Waals surface area contributed by atoms with E-state index in [-0.39, 0.29) is 5.78 Å². The number of hydrogen-bond donors (Lipinski definition) is 0. The van der Waals surface area contributed by atoms with Gasteiger partial charge in [0.05, 0.1) is 12.6 Å². The first kappa shape index (κ1) is 20.5. The third-order valence-electron chi connectivity index (χ3n) is 5.73. The lowest BCUT2D eigenvalue weighted by molar-refractivity contribution is -0.134. The Labute approximate surface area is 191 Å². The number of esters is 1. The molecule has 160 valence electrons. The highest BCUT2D eigenvalue weighted by molar-refractivity contribution is 6.17. The summed E-state index contributed by atoms with van der Waals surface area (Å²) < 4.78 is 6.72. The van der Waals surface area contributed by atoms with Crippen molar-refractivity contribution in [1.29, 1.82) is 0 Å². The van der Waals surface area contributed by atoms with Gasteiger partial charge in [-0.1, -0.05) is 60.7 Å². The Hall–Kier alpha value is -4.44. The SMILES string of the molecule is COC(=O)/C=C/c1ccc2c(c1)c(C(=O)c1ccc3ccccc3c1)cn2-c1ccccc1. The predicted molar refractivity (Wildman–Crippen MR) is 132 cm³/mol. The second-order valence-electron chi connectivity index (χ2n) is 7.77. The Bertz CT molecular complexity index is 1530. The molecule has 0 amide bonds. The van der Waals surface area contributed by atoms with E-state index in [1.807, 2.05) is 102 Å². The fourth-order valence-corrected chi connectivity index (χ4v) is 4.05. The number of benzene rings is 4. The normalized spacial score (nSPS) is 11.3. The van der Waals surface area contributed by atoms with Crippen molar-refractivity contribution >= 4 is 39.5 Å². The number of carbonyl (C=O) groups is 2. The molecule has 0 saturated carbocycles. The highest BCUT2D eigenvalue weighted by atomic mass is 16.5. The van der Waals surface area contributed by atoms with Gasteiger partial charge in [0.2, 0.25) is 0 Å². The molecule has 0 radical (unpaired) electrons. The van der Waals surface area contributed by atoms with Gasteiger partial charge >= 0.3 is 5.97 Å². The lowest BCUT2D eigenvalue weighted by Crippen LogP contribution is -2.00. The predicted octanol–water partition coefficient (Wildman–Crippen LogP) is 6.20. The summed E-state index contributed by atoms with van der Waals surface area (Å²) in [6, 6.07) is 29.5. The molecule has 0 N–H and O–H groups in total. The molecule has 0 aliphatic rings. The summed E-state index contributed by atoms with van der Waals surface area (Å²) in [7, 11) is 1.34. The van der Waals surface area contributed by atoms with E-state index in [0.717, 1.165) is 32.9 Å². The molecule has 0 spiro atoms. The molecule has 33 heavy (non-hydrogen) atoms. The van der Waals surface area contributed by atoms with Crippen LogP contribution in [-0.2, 0) is 9.53 Å². The minimum atomic E-state index is -0.426. The van der Waals surface area contributed by atoms with E-state index in [1.54, 1.807) is 6.08 Å². The number of aromatic nitrogens is 1. The number of hydrogen-bond acceptors (Lipinski definition) is 3. The van der Waals surface area contributed by atoms with Crippen molar-refractivity contribution < 1.29 is 14.3 Å². The number of ether oxygens (including phenoxy) is 1. The average Bonchev–Trinajstić information content (AvgIpc) is 3.26. The number of fused-ring (bicyclic) bond motifs is 2. The van der Waals surface area contributed by atoms with Crippen LogP contribution in [0.4, 0.5) is 0 Å². The van der Waals surface area contributed by atoms with Crippen molar-refractivity contribution in [2.24, 2.45) is 0 Å². The molecular weight excluding hydrogens is 410 g/mol. The molecule has 5 aromatic rings. The van der Waals surface area contributed by atoms with Crippen LogP contribution in [0.5, 0.6) is 0 Å². The van der Waals surface area contributed by atoms with Gasteiger partial charge in [0.15, 0.2) is 5.78 Å². The van der Waals surface area contributed by atoms with Crippen molar-refractivity contribution in [3.8, 4) is 5.69 Å². The standard InChI is InChI=1S/C29H21NO3/c1-33-28(31)16-12-20-11-15-27-25(17-20)26(19-30(27)24-9-3-2-4-10-24)29(32)23-14-13-21-7-5-6-8-22(21)18-23/h2-19H,1H3/b16-12+. The zero-order valence-electron chi connectivity index (χ0n) is 18.1. The molecule has 5 rings (SSSR count). The molecule has 0 fully saturated rings. The molecule has 4 heteroatoms. The summed E-state index contributed by atoms with van der Waals surface area (Å²) in [4.78, 5) is 25.2. The van der Waals surface area contributed by atoms with E-state index in [0.29, 0.717) is 11.1 Å². The van der Waals surface area contributed by atoms with Gasteiger partial charge in [-0.3, -0.25) is 4.79 Å². The van der Waals surface area contributed by atoms with Crippen molar-refractivity contribution in [2.45, 2.75) is 0 Å². The monoisotopic (exact) mass is 431 g/mol. The second-order valence-corrected chi connectivity index (χ2v) is 7.77. The van der Waals surface area contributed by atoms with E-state index in [2.05, 4.69) is 0 Å².